The molecule has 0 bridgehead atoms. The number of hydrogen-bond acceptors (Lipinski definition) is 6. The van der Waals surface area contributed by atoms with Gasteiger partial charge in [-0.1, -0.05) is 0 Å². The number of nitrogens with one attached hydrogen (secondary N) is 2. The Labute approximate surface area is 149 Å². The monoisotopic (exact) mass is 361 g/mol. The molecule has 0 radical (unpaired) electrons. The number of nitrogens with zero attached hydrogens (tertiary/aromatic N) is 1. The molecule has 1 atom stereocenters. The Morgan fingerprint density at radius 1 is 1.32 bits per heavy atom. The van der Waals surface area contributed by atoms with Gasteiger partial charge < -0.3 is 14.8 Å². The van der Waals surface area contributed by atoms with Crippen LogP contribution in [0.3, 0.4) is 0 Å². The molecule has 2 aromatic rings. The Kier molecular flexibility index (Phi) is 5.62. The molecule has 1 aromatic carbocycles. The molecule has 1 aliphatic rings. The summed E-state index contributed by atoms with van der Waals surface area (Å²) in [4.78, 5) is 28.4. The minimum Gasteiger partial charge on any atom is -0.497 e. The van der Waals surface area contributed by atoms with Gasteiger partial charge in [0.15, 0.2) is 5.13 Å². The summed E-state index contributed by atoms with van der Waals surface area (Å²) in [5, 5.41) is 7.49. The van der Waals surface area contributed by atoms with E-state index in [2.05, 4.69) is 15.6 Å². The summed E-state index contributed by atoms with van der Waals surface area (Å²) < 4.78 is 10.5. The van der Waals surface area contributed by atoms with Crippen LogP contribution in [-0.4, -0.2) is 43.2 Å². The van der Waals surface area contributed by atoms with Gasteiger partial charge in [-0.3, -0.25) is 14.9 Å². The quantitative estimate of drug-likeness (QED) is 0.824. The van der Waals surface area contributed by atoms with Crippen LogP contribution in [0.1, 0.15) is 33.7 Å². The molecule has 1 aromatic heterocycles. The zero-order valence-corrected chi connectivity index (χ0v) is 14.6. The third-order valence-electron chi connectivity index (χ3n) is 3.82. The summed E-state index contributed by atoms with van der Waals surface area (Å²) in [5.41, 5.74) is 0.772. The van der Waals surface area contributed by atoms with Crippen LogP contribution >= 0.6 is 11.3 Å². The SMILES string of the molecule is COc1ccc(C(=O)Nc2nc(C(=O)NCC3CCCO3)cs2)cc1. The minimum atomic E-state index is -0.289. The Hall–Kier alpha value is -2.45. The van der Waals surface area contributed by atoms with Gasteiger partial charge in [-0.05, 0) is 37.1 Å². The number of carbonyl (C=O) groups is 2. The van der Waals surface area contributed by atoms with Crippen molar-refractivity contribution in [2.24, 2.45) is 0 Å². The lowest BCUT2D eigenvalue weighted by molar-refractivity contribution is 0.0854. The highest BCUT2D eigenvalue weighted by molar-refractivity contribution is 7.14. The van der Waals surface area contributed by atoms with Crippen LogP contribution in [-0.2, 0) is 4.74 Å². The zero-order chi connectivity index (χ0) is 17.6. The fourth-order valence-corrected chi connectivity index (χ4v) is 3.14. The van der Waals surface area contributed by atoms with Crippen molar-refractivity contribution in [2.45, 2.75) is 18.9 Å². The summed E-state index contributed by atoms with van der Waals surface area (Å²) >= 11 is 1.21. The summed E-state index contributed by atoms with van der Waals surface area (Å²) in [5.74, 6) is 0.121. The number of benzene rings is 1. The van der Waals surface area contributed by atoms with Crippen molar-refractivity contribution < 1.29 is 19.1 Å². The molecule has 1 aliphatic heterocycles. The molecular formula is C17H19N3O4S. The molecule has 2 heterocycles. The maximum atomic E-state index is 12.2. The van der Waals surface area contributed by atoms with E-state index in [0.29, 0.717) is 23.0 Å². The van der Waals surface area contributed by atoms with Crippen LogP contribution in [0.4, 0.5) is 5.13 Å². The minimum absolute atomic E-state index is 0.0804. The van der Waals surface area contributed by atoms with Gasteiger partial charge in [0.1, 0.15) is 11.4 Å². The lowest BCUT2D eigenvalue weighted by atomic mass is 10.2. The van der Waals surface area contributed by atoms with E-state index in [1.807, 2.05) is 0 Å². The van der Waals surface area contributed by atoms with E-state index in [4.69, 9.17) is 9.47 Å². The summed E-state index contributed by atoms with van der Waals surface area (Å²) in [6.07, 6.45) is 2.07. The lowest BCUT2D eigenvalue weighted by Crippen LogP contribution is -2.31. The van der Waals surface area contributed by atoms with Gasteiger partial charge in [-0.25, -0.2) is 4.98 Å². The third-order valence-corrected chi connectivity index (χ3v) is 4.58. The third kappa shape index (κ3) is 4.55. The van der Waals surface area contributed by atoms with E-state index in [1.54, 1.807) is 36.8 Å². The Bertz CT molecular complexity index is 739. The van der Waals surface area contributed by atoms with Gasteiger partial charge in [-0.2, -0.15) is 0 Å². The van der Waals surface area contributed by atoms with Gasteiger partial charge in [-0.15, -0.1) is 11.3 Å². The van der Waals surface area contributed by atoms with Crippen LogP contribution < -0.4 is 15.4 Å². The van der Waals surface area contributed by atoms with E-state index < -0.39 is 0 Å². The standard InChI is InChI=1S/C17H19N3O4S/c1-23-12-6-4-11(5-7-12)15(21)20-17-19-14(10-25-17)16(22)18-9-13-3-2-8-24-13/h4-7,10,13H,2-3,8-9H2,1H3,(H,18,22)(H,19,20,21). The van der Waals surface area contributed by atoms with Crippen molar-refractivity contribution >= 4 is 28.3 Å². The van der Waals surface area contributed by atoms with Gasteiger partial charge >= 0.3 is 0 Å². The van der Waals surface area contributed by atoms with E-state index in [-0.39, 0.29) is 23.6 Å². The van der Waals surface area contributed by atoms with Crippen LogP contribution in [0.2, 0.25) is 0 Å². The number of ether oxygens (including phenoxy) is 2. The second-order valence-electron chi connectivity index (χ2n) is 5.57. The molecule has 3 rings (SSSR count). The number of carbonyl (C=O) groups excluding carboxylic acids is 2. The molecule has 2 amide bonds. The van der Waals surface area contributed by atoms with Crippen molar-refractivity contribution in [1.29, 1.82) is 0 Å². The molecule has 1 fully saturated rings. The number of methoxy groups -OCH3 is 1. The van der Waals surface area contributed by atoms with Crippen molar-refractivity contribution in [1.82, 2.24) is 10.3 Å². The number of amides is 2. The van der Waals surface area contributed by atoms with E-state index in [9.17, 15) is 9.59 Å². The normalized spacial score (nSPS) is 16.4. The number of thiazole rings is 1. The van der Waals surface area contributed by atoms with Crippen molar-refractivity contribution in [2.75, 3.05) is 25.6 Å². The molecule has 2 N–H and O–H groups in total. The highest BCUT2D eigenvalue weighted by Crippen LogP contribution is 2.18. The van der Waals surface area contributed by atoms with E-state index in [0.717, 1.165) is 19.4 Å². The smallest absolute Gasteiger partial charge is 0.270 e. The number of rotatable bonds is 6. The number of anilines is 1. The van der Waals surface area contributed by atoms with Crippen LogP contribution in [0.25, 0.3) is 0 Å². The highest BCUT2D eigenvalue weighted by Gasteiger charge is 2.18. The molecule has 0 spiro atoms. The fraction of sp³-hybridized carbons (Fsp3) is 0.353. The molecule has 7 nitrogen and oxygen atoms in total. The molecular weight excluding hydrogens is 342 g/mol. The van der Waals surface area contributed by atoms with Crippen molar-refractivity contribution in [3.8, 4) is 5.75 Å². The summed E-state index contributed by atoms with van der Waals surface area (Å²) in [6, 6.07) is 6.75. The molecule has 0 aliphatic carbocycles. The second kappa shape index (κ2) is 8.09. The first-order valence-corrected chi connectivity index (χ1v) is 8.84. The van der Waals surface area contributed by atoms with E-state index >= 15 is 0 Å². The molecule has 1 unspecified atom stereocenters. The van der Waals surface area contributed by atoms with Gasteiger partial charge in [0.2, 0.25) is 0 Å². The van der Waals surface area contributed by atoms with Gasteiger partial charge in [0.25, 0.3) is 11.8 Å². The maximum absolute atomic E-state index is 12.2. The Morgan fingerprint density at radius 2 is 2.12 bits per heavy atom. The van der Waals surface area contributed by atoms with Gasteiger partial charge in [0.05, 0.1) is 13.2 Å². The Balaban J connectivity index is 1.54. The van der Waals surface area contributed by atoms with E-state index in [1.165, 1.54) is 11.3 Å². The van der Waals surface area contributed by atoms with Crippen molar-refractivity contribution in [3.05, 3.63) is 40.9 Å². The highest BCUT2D eigenvalue weighted by atomic mass is 32.1. The average molecular weight is 361 g/mol. The predicted octanol–water partition coefficient (Wildman–Crippen LogP) is 2.31. The summed E-state index contributed by atoms with van der Waals surface area (Å²) in [6.45, 7) is 1.22. The predicted molar refractivity (Wildman–Crippen MR) is 94.4 cm³/mol. The van der Waals surface area contributed by atoms with Crippen molar-refractivity contribution in [3.63, 3.8) is 0 Å². The topological polar surface area (TPSA) is 89.5 Å². The fourth-order valence-electron chi connectivity index (χ4n) is 2.45. The molecule has 8 heteroatoms. The first kappa shape index (κ1) is 17.4. The average Bonchev–Trinajstić information content (AvgIpc) is 3.31. The molecule has 0 saturated carbocycles. The first-order chi connectivity index (χ1) is 12.2. The first-order valence-electron chi connectivity index (χ1n) is 7.96. The molecule has 1 saturated heterocycles. The molecule has 132 valence electrons. The summed E-state index contributed by atoms with van der Waals surface area (Å²) in [7, 11) is 1.57. The number of hydrogen-bond donors (Lipinski definition) is 2. The van der Waals surface area contributed by atoms with Crippen LogP contribution in [0, 0.1) is 0 Å². The lowest BCUT2D eigenvalue weighted by Gasteiger charge is -2.09. The second-order valence-corrected chi connectivity index (χ2v) is 6.42. The zero-order valence-electron chi connectivity index (χ0n) is 13.8. The number of aromatic nitrogens is 1. The van der Waals surface area contributed by atoms with Crippen LogP contribution in [0.5, 0.6) is 5.75 Å². The Morgan fingerprint density at radius 3 is 2.80 bits per heavy atom. The maximum Gasteiger partial charge on any atom is 0.270 e. The van der Waals surface area contributed by atoms with Crippen LogP contribution in [0.15, 0.2) is 29.6 Å². The largest absolute Gasteiger partial charge is 0.497 e. The van der Waals surface area contributed by atoms with Gasteiger partial charge in [0, 0.05) is 24.1 Å². The molecule has 25 heavy (non-hydrogen) atoms.